The van der Waals surface area contributed by atoms with Gasteiger partial charge in [-0.1, -0.05) is 127 Å². The van der Waals surface area contributed by atoms with Crippen molar-refractivity contribution in [3.63, 3.8) is 0 Å². The number of hydrogen-bond acceptors (Lipinski definition) is 3. The van der Waals surface area contributed by atoms with E-state index in [1.54, 1.807) is 11.8 Å². The first-order valence-corrected chi connectivity index (χ1v) is 14.9. The van der Waals surface area contributed by atoms with Crippen molar-refractivity contribution in [1.29, 1.82) is 0 Å². The van der Waals surface area contributed by atoms with Gasteiger partial charge >= 0.3 is 0 Å². The quantitative estimate of drug-likeness (QED) is 0.215. The third-order valence-corrected chi connectivity index (χ3v) is 9.25. The van der Waals surface area contributed by atoms with E-state index in [4.69, 9.17) is 16.3 Å². The molecule has 0 aliphatic carbocycles. The van der Waals surface area contributed by atoms with Gasteiger partial charge in [0.25, 0.3) is 5.91 Å². The molecule has 2 aliphatic rings. The molecule has 0 bridgehead atoms. The van der Waals surface area contributed by atoms with Gasteiger partial charge in [-0.15, -0.1) is 11.8 Å². The molecule has 41 heavy (non-hydrogen) atoms. The van der Waals surface area contributed by atoms with Gasteiger partial charge < -0.3 is 4.74 Å². The second-order valence-electron chi connectivity index (χ2n) is 10.2. The van der Waals surface area contributed by atoms with Gasteiger partial charge in [-0.3, -0.25) is 9.69 Å². The van der Waals surface area contributed by atoms with E-state index in [1.165, 1.54) is 5.56 Å². The van der Waals surface area contributed by atoms with Gasteiger partial charge in [0.1, 0.15) is 5.76 Å². The van der Waals surface area contributed by atoms with E-state index in [1.807, 2.05) is 114 Å². The van der Waals surface area contributed by atoms with Crippen LogP contribution >= 0.6 is 23.4 Å². The fraction of sp³-hybridized carbons (Fsp3) is 0.0833. The number of benzene rings is 5. The molecule has 0 fully saturated rings. The van der Waals surface area contributed by atoms with Crippen LogP contribution in [0.2, 0.25) is 5.02 Å². The summed E-state index contributed by atoms with van der Waals surface area (Å²) >= 11 is 8.15. The Bertz CT molecular complexity index is 1740. The van der Waals surface area contributed by atoms with Gasteiger partial charge in [0.15, 0.2) is 0 Å². The number of carbonyl (C=O) groups excluding carboxylic acids is 1. The van der Waals surface area contributed by atoms with Crippen LogP contribution in [-0.2, 0) is 15.3 Å². The lowest BCUT2D eigenvalue weighted by Gasteiger charge is -2.48. The molecule has 0 radical (unpaired) electrons. The van der Waals surface area contributed by atoms with E-state index in [0.717, 1.165) is 27.3 Å². The largest absolute Gasteiger partial charge is 0.462 e. The molecule has 2 heterocycles. The lowest BCUT2D eigenvalue weighted by molar-refractivity contribution is -0.120. The van der Waals surface area contributed by atoms with Crippen LogP contribution in [0.1, 0.15) is 33.9 Å². The molecule has 0 spiro atoms. The highest BCUT2D eigenvalue weighted by Gasteiger charge is 2.54. The maximum atomic E-state index is 15.1. The van der Waals surface area contributed by atoms with Gasteiger partial charge in [0.2, 0.25) is 5.72 Å². The first-order valence-electron chi connectivity index (χ1n) is 13.6. The predicted octanol–water partition coefficient (Wildman–Crippen LogP) is 9.36. The van der Waals surface area contributed by atoms with Crippen molar-refractivity contribution in [3.8, 4) is 0 Å². The van der Waals surface area contributed by atoms with E-state index in [9.17, 15) is 0 Å². The number of ether oxygens (including phenoxy) is 1. The second kappa shape index (κ2) is 10.6. The van der Waals surface area contributed by atoms with E-state index >= 15 is 4.79 Å². The number of thioether (sulfide) groups is 1. The molecule has 5 aromatic carbocycles. The Morgan fingerprint density at radius 3 is 1.98 bits per heavy atom. The lowest BCUT2D eigenvalue weighted by Crippen LogP contribution is -2.55. The zero-order valence-corrected chi connectivity index (χ0v) is 23.7. The number of halogens is 1. The summed E-state index contributed by atoms with van der Waals surface area (Å²) in [6.45, 7) is 0. The Morgan fingerprint density at radius 2 is 1.29 bits per heavy atom. The molecule has 0 aromatic heterocycles. The zero-order chi connectivity index (χ0) is 27.8. The summed E-state index contributed by atoms with van der Waals surface area (Å²) in [6.07, 6.45) is 0.530. The maximum Gasteiger partial charge on any atom is 0.266 e. The number of para-hydroxylation sites is 1. The average molecular weight is 572 g/mol. The van der Waals surface area contributed by atoms with Gasteiger partial charge in [-0.05, 0) is 35.4 Å². The Labute approximate surface area is 249 Å². The zero-order valence-electron chi connectivity index (χ0n) is 22.1. The molecule has 0 unspecified atom stereocenters. The van der Waals surface area contributed by atoms with Crippen LogP contribution in [-0.4, -0.2) is 5.91 Å². The minimum Gasteiger partial charge on any atom is -0.462 e. The van der Waals surface area contributed by atoms with E-state index < -0.39 is 5.72 Å². The lowest BCUT2D eigenvalue weighted by atomic mass is 9.87. The van der Waals surface area contributed by atoms with Crippen molar-refractivity contribution in [2.75, 3.05) is 4.90 Å². The smallest absolute Gasteiger partial charge is 0.266 e. The van der Waals surface area contributed by atoms with Crippen LogP contribution < -0.4 is 4.90 Å². The highest BCUT2D eigenvalue weighted by Crippen LogP contribution is 2.58. The Hall–Kier alpha value is -4.25. The van der Waals surface area contributed by atoms with Crippen molar-refractivity contribution in [2.45, 2.75) is 22.3 Å². The van der Waals surface area contributed by atoms with Crippen molar-refractivity contribution in [1.82, 2.24) is 0 Å². The summed E-state index contributed by atoms with van der Waals surface area (Å²) < 4.78 is 7.34. The topological polar surface area (TPSA) is 29.5 Å². The van der Waals surface area contributed by atoms with Crippen LogP contribution in [0, 0.1) is 0 Å². The van der Waals surface area contributed by atoms with Crippen LogP contribution in [0.5, 0.6) is 0 Å². The molecule has 3 nitrogen and oxygen atoms in total. The first-order chi connectivity index (χ1) is 20.1. The summed E-state index contributed by atoms with van der Waals surface area (Å²) in [4.78, 5) is 18.0. The van der Waals surface area contributed by atoms with E-state index in [2.05, 4.69) is 30.3 Å². The molecule has 1 amide bonds. The maximum absolute atomic E-state index is 15.1. The summed E-state index contributed by atoms with van der Waals surface area (Å²) in [6, 6.07) is 46.1. The molecule has 2 atom stereocenters. The molecular weight excluding hydrogens is 546 g/mol. The third kappa shape index (κ3) is 4.54. The summed E-state index contributed by atoms with van der Waals surface area (Å²) in [7, 11) is 0. The molecule has 5 heteroatoms. The number of anilines is 1. The molecular formula is C36H26ClNO2S. The SMILES string of the molecule is O=C1C(c2ccccc2)=C(c2ccccc2)O[C@]2(c3ccc(Cl)cc3)C[C@H](c3ccccc3)Sc3ccccc3N12. The minimum atomic E-state index is -1.13. The number of hydrogen-bond donors (Lipinski definition) is 0. The summed E-state index contributed by atoms with van der Waals surface area (Å²) in [5, 5.41) is 0.645. The van der Waals surface area contributed by atoms with Gasteiger partial charge in [0, 0.05) is 32.7 Å². The van der Waals surface area contributed by atoms with Gasteiger partial charge in [-0.25, -0.2) is 0 Å². The molecule has 7 rings (SSSR count). The normalized spacial score (nSPS) is 20.1. The number of rotatable bonds is 4. The van der Waals surface area contributed by atoms with Crippen molar-refractivity contribution >= 4 is 46.3 Å². The molecule has 0 saturated carbocycles. The van der Waals surface area contributed by atoms with Crippen LogP contribution in [0.15, 0.2) is 144 Å². The van der Waals surface area contributed by atoms with Crippen molar-refractivity contribution < 1.29 is 9.53 Å². The number of fused-ring (bicyclic) bond motifs is 3. The minimum absolute atomic E-state index is 0.0149. The van der Waals surface area contributed by atoms with Crippen LogP contribution in [0.4, 0.5) is 5.69 Å². The third-order valence-electron chi connectivity index (χ3n) is 7.68. The first kappa shape index (κ1) is 25.7. The molecule has 200 valence electrons. The Kier molecular flexibility index (Phi) is 6.66. The Balaban J connectivity index is 1.55. The molecule has 0 N–H and O–H groups in total. The van der Waals surface area contributed by atoms with Gasteiger partial charge in [-0.2, -0.15) is 0 Å². The van der Waals surface area contributed by atoms with Crippen molar-refractivity contribution in [3.05, 3.63) is 167 Å². The van der Waals surface area contributed by atoms with Crippen LogP contribution in [0.3, 0.4) is 0 Å². The second-order valence-corrected chi connectivity index (χ2v) is 11.8. The summed E-state index contributed by atoms with van der Waals surface area (Å²) in [5.41, 5.74) is 3.96. The predicted molar refractivity (Wildman–Crippen MR) is 167 cm³/mol. The average Bonchev–Trinajstić information content (AvgIpc) is 3.18. The molecule has 5 aromatic rings. The monoisotopic (exact) mass is 571 g/mol. The van der Waals surface area contributed by atoms with Crippen molar-refractivity contribution in [2.24, 2.45) is 0 Å². The molecule has 2 aliphatic heterocycles. The standard InChI is InChI=1S/C36H26ClNO2S/c37-29-22-20-28(21-23-29)36-24-32(25-12-4-1-5-13-25)41-31-19-11-10-18-30(31)38(36)35(39)33(26-14-6-2-7-15-26)34(40-36)27-16-8-3-9-17-27/h1-23,32H,24H2/t32-,36+/m1/s1. The van der Waals surface area contributed by atoms with Crippen LogP contribution in [0.25, 0.3) is 11.3 Å². The van der Waals surface area contributed by atoms with E-state index in [0.29, 0.717) is 22.8 Å². The van der Waals surface area contributed by atoms with E-state index in [-0.39, 0.29) is 11.2 Å². The number of nitrogens with zero attached hydrogens (tertiary/aromatic N) is 1. The number of carbonyl (C=O) groups is 1. The number of amides is 1. The Morgan fingerprint density at radius 1 is 0.707 bits per heavy atom. The highest BCUT2D eigenvalue weighted by atomic mass is 35.5. The highest BCUT2D eigenvalue weighted by molar-refractivity contribution is 7.99. The molecule has 0 saturated heterocycles. The summed E-state index contributed by atoms with van der Waals surface area (Å²) in [5.74, 6) is 0.474. The fourth-order valence-electron chi connectivity index (χ4n) is 5.79. The van der Waals surface area contributed by atoms with Gasteiger partial charge in [0.05, 0.1) is 11.3 Å². The fourth-order valence-corrected chi connectivity index (χ4v) is 7.26.